The first-order chi connectivity index (χ1) is 8.69. The van der Waals surface area contributed by atoms with Crippen LogP contribution in [0.3, 0.4) is 0 Å². The van der Waals surface area contributed by atoms with Crippen LogP contribution in [0.1, 0.15) is 38.3 Å². The van der Waals surface area contributed by atoms with Crippen molar-refractivity contribution in [2.24, 2.45) is 0 Å². The third kappa shape index (κ3) is 4.72. The van der Waals surface area contributed by atoms with Gasteiger partial charge in [-0.05, 0) is 38.1 Å². The average Bonchev–Trinajstić information content (AvgIpc) is 2.38. The molecule has 0 radical (unpaired) electrons. The molecule has 1 aromatic carbocycles. The minimum atomic E-state index is 0.267. The molecular weight excluding hydrogens is 290 g/mol. The summed E-state index contributed by atoms with van der Waals surface area (Å²) in [6, 6.07) is 6.34. The van der Waals surface area contributed by atoms with Crippen molar-refractivity contribution < 1.29 is 4.74 Å². The maximum Gasteiger partial charge on any atom is 0.124 e. The Labute approximate surface area is 118 Å². The quantitative estimate of drug-likeness (QED) is 0.609. The monoisotopic (exact) mass is 309 g/mol. The zero-order chi connectivity index (χ0) is 13.4. The third-order valence-corrected chi connectivity index (χ3v) is 3.14. The fourth-order valence-corrected chi connectivity index (χ4v) is 2.06. The van der Waals surface area contributed by atoms with Gasteiger partial charge in [0.25, 0.3) is 0 Å². The molecule has 1 atom stereocenters. The van der Waals surface area contributed by atoms with Gasteiger partial charge < -0.3 is 10.1 Å². The topological polar surface area (TPSA) is 21.3 Å². The number of rotatable bonds is 7. The molecule has 1 rings (SSSR count). The fourth-order valence-electron chi connectivity index (χ4n) is 1.68. The third-order valence-electron chi connectivity index (χ3n) is 2.64. The molecule has 0 spiro atoms. The molecule has 0 aliphatic carbocycles. The van der Waals surface area contributed by atoms with Gasteiger partial charge in [-0.15, -0.1) is 12.3 Å². The fraction of sp³-hybridized carbons (Fsp3) is 0.467. The number of hydrogen-bond donors (Lipinski definition) is 1. The van der Waals surface area contributed by atoms with Gasteiger partial charge in [-0.3, -0.25) is 0 Å². The maximum absolute atomic E-state index is 5.73. The van der Waals surface area contributed by atoms with Gasteiger partial charge in [0.1, 0.15) is 5.75 Å². The summed E-state index contributed by atoms with van der Waals surface area (Å²) in [6.45, 7) is 5.86. The van der Waals surface area contributed by atoms with E-state index < -0.39 is 0 Å². The second-order valence-corrected chi connectivity index (χ2v) is 5.08. The maximum atomic E-state index is 5.73. The first-order valence-corrected chi connectivity index (χ1v) is 7.07. The molecule has 1 unspecified atom stereocenters. The van der Waals surface area contributed by atoms with E-state index in [4.69, 9.17) is 11.2 Å². The Balaban J connectivity index is 2.79. The molecule has 0 aliphatic rings. The van der Waals surface area contributed by atoms with E-state index in [2.05, 4.69) is 47.1 Å². The van der Waals surface area contributed by atoms with E-state index in [0.29, 0.717) is 13.0 Å². The highest BCUT2D eigenvalue weighted by molar-refractivity contribution is 9.10. The van der Waals surface area contributed by atoms with Crippen LogP contribution in [-0.4, -0.2) is 13.2 Å². The SMILES string of the molecule is C#CCCOc1ccc(Br)cc1C(C)NCCC. The average molecular weight is 310 g/mol. The van der Waals surface area contributed by atoms with Crippen molar-refractivity contribution in [3.05, 3.63) is 28.2 Å². The molecule has 1 aromatic rings. The van der Waals surface area contributed by atoms with Crippen LogP contribution in [0, 0.1) is 12.3 Å². The Hall–Kier alpha value is -0.980. The van der Waals surface area contributed by atoms with E-state index in [9.17, 15) is 0 Å². The molecule has 0 amide bonds. The van der Waals surface area contributed by atoms with Crippen molar-refractivity contribution in [1.29, 1.82) is 0 Å². The van der Waals surface area contributed by atoms with Gasteiger partial charge in [0.05, 0.1) is 6.61 Å². The zero-order valence-electron chi connectivity index (χ0n) is 11.0. The van der Waals surface area contributed by atoms with Gasteiger partial charge in [-0.2, -0.15) is 0 Å². The minimum absolute atomic E-state index is 0.267. The van der Waals surface area contributed by atoms with Crippen LogP contribution in [-0.2, 0) is 0 Å². The Morgan fingerprint density at radius 3 is 2.94 bits per heavy atom. The molecule has 0 aromatic heterocycles. The Kier molecular flexibility index (Phi) is 6.85. The zero-order valence-corrected chi connectivity index (χ0v) is 12.6. The molecule has 0 saturated heterocycles. The summed E-state index contributed by atoms with van der Waals surface area (Å²) < 4.78 is 6.79. The standard InChI is InChI=1S/C15H20BrNO/c1-4-6-10-18-15-8-7-13(16)11-14(15)12(3)17-9-5-2/h1,7-8,11-12,17H,5-6,9-10H2,2-3H3. The van der Waals surface area contributed by atoms with E-state index in [1.807, 2.05) is 12.1 Å². The predicted molar refractivity (Wildman–Crippen MR) is 79.8 cm³/mol. The second-order valence-electron chi connectivity index (χ2n) is 4.16. The van der Waals surface area contributed by atoms with Crippen molar-refractivity contribution in [1.82, 2.24) is 5.32 Å². The van der Waals surface area contributed by atoms with Crippen LogP contribution in [0.5, 0.6) is 5.75 Å². The molecule has 1 N–H and O–H groups in total. The van der Waals surface area contributed by atoms with Crippen LogP contribution in [0.25, 0.3) is 0 Å². The molecule has 0 saturated carbocycles. The molecule has 2 nitrogen and oxygen atoms in total. The minimum Gasteiger partial charge on any atom is -0.492 e. The lowest BCUT2D eigenvalue weighted by Crippen LogP contribution is -2.20. The smallest absolute Gasteiger partial charge is 0.124 e. The highest BCUT2D eigenvalue weighted by Gasteiger charge is 2.11. The second kappa shape index (κ2) is 8.18. The van der Waals surface area contributed by atoms with Gasteiger partial charge >= 0.3 is 0 Å². The van der Waals surface area contributed by atoms with Crippen LogP contribution >= 0.6 is 15.9 Å². The number of hydrogen-bond acceptors (Lipinski definition) is 2. The number of terminal acetylenes is 1. The van der Waals surface area contributed by atoms with E-state index in [1.54, 1.807) is 0 Å². The lowest BCUT2D eigenvalue weighted by Gasteiger charge is -2.18. The van der Waals surface area contributed by atoms with Crippen molar-refractivity contribution in [2.45, 2.75) is 32.7 Å². The first-order valence-electron chi connectivity index (χ1n) is 6.28. The highest BCUT2D eigenvalue weighted by atomic mass is 79.9. The van der Waals surface area contributed by atoms with Gasteiger partial charge in [0, 0.05) is 22.5 Å². The number of halogens is 1. The number of nitrogens with one attached hydrogen (secondary N) is 1. The van der Waals surface area contributed by atoms with E-state index >= 15 is 0 Å². The summed E-state index contributed by atoms with van der Waals surface area (Å²) in [5.41, 5.74) is 1.16. The van der Waals surface area contributed by atoms with Crippen molar-refractivity contribution >= 4 is 15.9 Å². The van der Waals surface area contributed by atoms with Crippen molar-refractivity contribution in [3.63, 3.8) is 0 Å². The Morgan fingerprint density at radius 1 is 1.50 bits per heavy atom. The summed E-state index contributed by atoms with van der Waals surface area (Å²) >= 11 is 3.50. The van der Waals surface area contributed by atoms with Gasteiger partial charge in [0.15, 0.2) is 0 Å². The number of benzene rings is 1. The lowest BCUT2D eigenvalue weighted by molar-refractivity contribution is 0.320. The molecule has 0 bridgehead atoms. The highest BCUT2D eigenvalue weighted by Crippen LogP contribution is 2.28. The Morgan fingerprint density at radius 2 is 2.28 bits per heavy atom. The van der Waals surface area contributed by atoms with Crippen molar-refractivity contribution in [2.75, 3.05) is 13.2 Å². The molecular formula is C15H20BrNO. The van der Waals surface area contributed by atoms with Gasteiger partial charge in [-0.25, -0.2) is 0 Å². The lowest BCUT2D eigenvalue weighted by atomic mass is 10.1. The molecule has 98 valence electrons. The molecule has 0 aliphatic heterocycles. The molecule has 3 heteroatoms. The summed E-state index contributed by atoms with van der Waals surface area (Å²) in [5, 5.41) is 3.47. The van der Waals surface area contributed by atoms with Gasteiger partial charge in [0.2, 0.25) is 0 Å². The molecule has 0 fully saturated rings. The summed E-state index contributed by atoms with van der Waals surface area (Å²) in [7, 11) is 0. The van der Waals surface area contributed by atoms with Crippen molar-refractivity contribution in [3.8, 4) is 18.1 Å². The molecule has 18 heavy (non-hydrogen) atoms. The number of ether oxygens (including phenoxy) is 1. The summed E-state index contributed by atoms with van der Waals surface area (Å²) in [4.78, 5) is 0. The van der Waals surface area contributed by atoms with E-state index in [1.165, 1.54) is 0 Å². The first kappa shape index (κ1) is 15.1. The molecule has 0 heterocycles. The van der Waals surface area contributed by atoms with Crippen LogP contribution in [0.4, 0.5) is 0 Å². The normalized spacial score (nSPS) is 11.9. The largest absolute Gasteiger partial charge is 0.492 e. The van der Waals surface area contributed by atoms with E-state index in [0.717, 1.165) is 28.8 Å². The van der Waals surface area contributed by atoms with E-state index in [-0.39, 0.29) is 6.04 Å². The van der Waals surface area contributed by atoms with Gasteiger partial charge in [-0.1, -0.05) is 22.9 Å². The predicted octanol–water partition coefficient (Wildman–Crippen LogP) is 3.91. The van der Waals surface area contributed by atoms with Crippen LogP contribution < -0.4 is 10.1 Å². The summed E-state index contributed by atoms with van der Waals surface area (Å²) in [6.07, 6.45) is 6.98. The summed E-state index contributed by atoms with van der Waals surface area (Å²) in [5.74, 6) is 3.49. The van der Waals surface area contributed by atoms with Crippen LogP contribution in [0.2, 0.25) is 0 Å². The Bertz CT molecular complexity index is 411. The van der Waals surface area contributed by atoms with Crippen LogP contribution in [0.15, 0.2) is 22.7 Å².